The van der Waals surface area contributed by atoms with Crippen LogP contribution in [0.3, 0.4) is 0 Å². The molecular weight excluding hydrogens is 368 g/mol. The summed E-state index contributed by atoms with van der Waals surface area (Å²) in [5.41, 5.74) is 1.89. The first kappa shape index (κ1) is 20.2. The number of pyridine rings is 1. The van der Waals surface area contributed by atoms with E-state index in [0.29, 0.717) is 30.6 Å². The van der Waals surface area contributed by atoms with Crippen LogP contribution in [0.2, 0.25) is 0 Å². The second-order valence-electron chi connectivity index (χ2n) is 6.22. The molecule has 152 valence electrons. The molecule has 8 heteroatoms. The van der Waals surface area contributed by atoms with Crippen molar-refractivity contribution < 1.29 is 9.47 Å². The third-order valence-electron chi connectivity index (χ3n) is 4.29. The maximum absolute atomic E-state index is 5.62. The lowest BCUT2D eigenvalue weighted by atomic mass is 10.2. The predicted octanol–water partition coefficient (Wildman–Crippen LogP) is 3.17. The fourth-order valence-corrected chi connectivity index (χ4v) is 2.81. The van der Waals surface area contributed by atoms with Gasteiger partial charge >= 0.3 is 0 Å². The topological polar surface area (TPSA) is 85.6 Å². The molecule has 0 atom stereocenters. The lowest BCUT2D eigenvalue weighted by Crippen LogP contribution is -2.30. The van der Waals surface area contributed by atoms with Gasteiger partial charge in [0.05, 0.1) is 13.7 Å². The van der Waals surface area contributed by atoms with Crippen LogP contribution in [0.5, 0.6) is 11.5 Å². The number of nitrogens with one attached hydrogen (secondary N) is 2. The van der Waals surface area contributed by atoms with Crippen LogP contribution < -0.4 is 20.1 Å². The fourth-order valence-electron chi connectivity index (χ4n) is 2.81. The van der Waals surface area contributed by atoms with E-state index in [0.717, 1.165) is 22.9 Å². The number of benzene rings is 1. The first-order chi connectivity index (χ1) is 14.1. The van der Waals surface area contributed by atoms with Crippen LogP contribution in [0, 0.1) is 6.92 Å². The molecule has 29 heavy (non-hydrogen) atoms. The lowest BCUT2D eigenvalue weighted by Gasteiger charge is -2.15. The van der Waals surface area contributed by atoms with Crippen LogP contribution in [0.1, 0.15) is 18.3 Å². The Balaban J connectivity index is 1.62. The van der Waals surface area contributed by atoms with Crippen molar-refractivity contribution in [3.05, 3.63) is 60.3 Å². The molecular formula is C21H26N6O2. The van der Waals surface area contributed by atoms with Crippen molar-refractivity contribution in [1.82, 2.24) is 19.9 Å². The summed E-state index contributed by atoms with van der Waals surface area (Å²) in [6.45, 7) is 5.04. The number of nitrogens with zero attached hydrogens (tertiary/aromatic N) is 4. The van der Waals surface area contributed by atoms with Crippen molar-refractivity contribution in [2.75, 3.05) is 26.1 Å². The molecule has 2 aromatic heterocycles. The van der Waals surface area contributed by atoms with Gasteiger partial charge in [-0.2, -0.15) is 0 Å². The lowest BCUT2D eigenvalue weighted by molar-refractivity contribution is 0.311. The third kappa shape index (κ3) is 5.04. The van der Waals surface area contributed by atoms with Gasteiger partial charge in [-0.25, -0.2) is 9.97 Å². The molecule has 0 amide bonds. The molecule has 0 bridgehead atoms. The largest absolute Gasteiger partial charge is 0.493 e. The van der Waals surface area contributed by atoms with E-state index in [1.165, 1.54) is 0 Å². The van der Waals surface area contributed by atoms with Crippen molar-refractivity contribution in [2.24, 2.45) is 4.99 Å². The summed E-state index contributed by atoms with van der Waals surface area (Å²) in [6, 6.07) is 9.67. The van der Waals surface area contributed by atoms with E-state index >= 15 is 0 Å². The molecule has 2 heterocycles. The van der Waals surface area contributed by atoms with Crippen LogP contribution in [0.25, 0.3) is 5.82 Å². The van der Waals surface area contributed by atoms with Crippen LogP contribution in [-0.4, -0.2) is 41.3 Å². The summed E-state index contributed by atoms with van der Waals surface area (Å²) in [7, 11) is 3.35. The number of ether oxygens (including phenoxy) is 2. The van der Waals surface area contributed by atoms with Crippen molar-refractivity contribution >= 4 is 11.6 Å². The number of anilines is 1. The van der Waals surface area contributed by atoms with Crippen LogP contribution >= 0.6 is 0 Å². The monoisotopic (exact) mass is 394 g/mol. The van der Waals surface area contributed by atoms with Crippen molar-refractivity contribution in [3.8, 4) is 17.3 Å². The van der Waals surface area contributed by atoms with Gasteiger partial charge in [0.15, 0.2) is 17.5 Å². The quantitative estimate of drug-likeness (QED) is 0.473. The van der Waals surface area contributed by atoms with Crippen LogP contribution in [0.15, 0.2) is 53.9 Å². The van der Waals surface area contributed by atoms with Gasteiger partial charge in [0.2, 0.25) is 0 Å². The molecule has 0 unspecified atom stereocenters. The number of aliphatic imine (C=N–C) groups is 1. The number of methoxy groups -OCH3 is 1. The molecule has 3 rings (SSSR count). The highest BCUT2D eigenvalue weighted by Gasteiger charge is 2.07. The molecule has 0 saturated heterocycles. The van der Waals surface area contributed by atoms with E-state index in [1.807, 2.05) is 61.1 Å². The average Bonchev–Trinajstić information content (AvgIpc) is 3.18. The summed E-state index contributed by atoms with van der Waals surface area (Å²) in [6.07, 6.45) is 5.50. The highest BCUT2D eigenvalue weighted by Crippen LogP contribution is 2.30. The zero-order valence-electron chi connectivity index (χ0n) is 17.1. The van der Waals surface area contributed by atoms with E-state index < -0.39 is 0 Å². The number of guanidine groups is 1. The summed E-state index contributed by atoms with van der Waals surface area (Å²) in [5, 5.41) is 6.55. The number of aryl methyl sites for hydroxylation is 1. The summed E-state index contributed by atoms with van der Waals surface area (Å²) in [5.74, 6) is 3.77. The molecule has 0 spiro atoms. The normalized spacial score (nSPS) is 11.2. The van der Waals surface area contributed by atoms with Gasteiger partial charge in [0.25, 0.3) is 0 Å². The van der Waals surface area contributed by atoms with Crippen molar-refractivity contribution in [3.63, 3.8) is 0 Å². The maximum Gasteiger partial charge on any atom is 0.195 e. The number of hydrogen-bond acceptors (Lipinski definition) is 5. The minimum Gasteiger partial charge on any atom is -0.493 e. The van der Waals surface area contributed by atoms with E-state index in [-0.39, 0.29) is 0 Å². The molecule has 0 fully saturated rings. The Hall–Kier alpha value is -3.55. The second-order valence-corrected chi connectivity index (χ2v) is 6.22. The molecule has 0 radical (unpaired) electrons. The van der Waals surface area contributed by atoms with E-state index in [9.17, 15) is 0 Å². The number of imidazole rings is 1. The maximum atomic E-state index is 5.62. The van der Waals surface area contributed by atoms with Crippen molar-refractivity contribution in [1.29, 1.82) is 0 Å². The molecule has 3 aromatic rings. The molecule has 0 aliphatic carbocycles. The zero-order chi connectivity index (χ0) is 20.6. The number of hydrogen-bond donors (Lipinski definition) is 2. The van der Waals surface area contributed by atoms with Gasteiger partial charge in [-0.05, 0) is 37.6 Å². The van der Waals surface area contributed by atoms with Crippen LogP contribution in [-0.2, 0) is 6.54 Å². The Morgan fingerprint density at radius 3 is 2.66 bits per heavy atom. The predicted molar refractivity (Wildman–Crippen MR) is 114 cm³/mol. The number of aromatic nitrogens is 3. The van der Waals surface area contributed by atoms with Crippen molar-refractivity contribution in [2.45, 2.75) is 20.4 Å². The SMILES string of the molecule is CCOc1cc(NC(=NC)NCc2ccc(-n3ccnc3C)nc2)ccc1OC. The molecule has 2 N–H and O–H groups in total. The molecule has 1 aromatic carbocycles. The molecule has 0 aliphatic rings. The third-order valence-corrected chi connectivity index (χ3v) is 4.29. The Labute approximate surface area is 170 Å². The number of rotatable bonds is 7. The minimum atomic E-state index is 0.564. The Bertz CT molecular complexity index is 966. The first-order valence-corrected chi connectivity index (χ1v) is 9.38. The summed E-state index contributed by atoms with van der Waals surface area (Å²) in [4.78, 5) is 13.0. The second kappa shape index (κ2) is 9.59. The smallest absolute Gasteiger partial charge is 0.195 e. The average molecular weight is 394 g/mol. The minimum absolute atomic E-state index is 0.564. The van der Waals surface area contributed by atoms with E-state index in [1.54, 1.807) is 20.4 Å². The van der Waals surface area contributed by atoms with Gasteiger partial charge in [-0.3, -0.25) is 9.56 Å². The molecule has 8 nitrogen and oxygen atoms in total. The highest BCUT2D eigenvalue weighted by molar-refractivity contribution is 5.93. The van der Waals surface area contributed by atoms with Gasteiger partial charge in [-0.1, -0.05) is 6.07 Å². The highest BCUT2D eigenvalue weighted by atomic mass is 16.5. The Morgan fingerprint density at radius 2 is 2.03 bits per heavy atom. The van der Waals surface area contributed by atoms with Gasteiger partial charge in [0.1, 0.15) is 11.6 Å². The van der Waals surface area contributed by atoms with Gasteiger partial charge < -0.3 is 20.1 Å². The Morgan fingerprint density at radius 1 is 1.17 bits per heavy atom. The fraction of sp³-hybridized carbons (Fsp3) is 0.286. The zero-order valence-corrected chi connectivity index (χ0v) is 17.1. The molecule has 0 saturated carbocycles. The van der Waals surface area contributed by atoms with E-state index in [4.69, 9.17) is 9.47 Å². The summed E-state index contributed by atoms with van der Waals surface area (Å²) >= 11 is 0. The van der Waals surface area contributed by atoms with Crippen LogP contribution in [0.4, 0.5) is 5.69 Å². The summed E-state index contributed by atoms with van der Waals surface area (Å²) < 4.78 is 12.9. The molecule has 0 aliphatic heterocycles. The standard InChI is InChI=1S/C21H26N6O2/c1-5-29-19-12-17(7-8-18(19)28-4)26-21(22-3)25-14-16-6-9-20(24-13-16)27-11-10-23-15(27)2/h6-13H,5,14H2,1-4H3,(H2,22,25,26). The van der Waals surface area contributed by atoms with Gasteiger partial charge in [-0.15, -0.1) is 0 Å². The van der Waals surface area contributed by atoms with Gasteiger partial charge in [0, 0.05) is 43.9 Å². The Kier molecular flexibility index (Phi) is 6.67. The van der Waals surface area contributed by atoms with E-state index in [2.05, 4.69) is 25.6 Å². The first-order valence-electron chi connectivity index (χ1n) is 9.38.